The Kier molecular flexibility index (Phi) is 4.18. The van der Waals surface area contributed by atoms with Gasteiger partial charge in [0.1, 0.15) is 0 Å². The molecule has 21 heavy (non-hydrogen) atoms. The van der Waals surface area contributed by atoms with E-state index in [1.807, 2.05) is 0 Å². The molecule has 0 saturated heterocycles. The van der Waals surface area contributed by atoms with Gasteiger partial charge in [-0.15, -0.1) is 0 Å². The molecule has 0 aliphatic rings. The number of aromatic nitrogens is 1. The van der Waals surface area contributed by atoms with Gasteiger partial charge in [0, 0.05) is 18.3 Å². The van der Waals surface area contributed by atoms with Crippen LogP contribution in [-0.2, 0) is 16.4 Å². The minimum atomic E-state index is -4.08. The molecule has 8 heteroatoms. The Balaban J connectivity index is 2.21. The summed E-state index contributed by atoms with van der Waals surface area (Å²) in [5.74, 6) is -0.905. The number of hydrogen-bond acceptors (Lipinski definition) is 4. The SMILES string of the molecule is N=C(N)Cc1ccc(NS(=O)(=O)c2ncccc2F)cc1. The van der Waals surface area contributed by atoms with E-state index < -0.39 is 20.9 Å². The van der Waals surface area contributed by atoms with Crippen molar-refractivity contribution in [1.29, 1.82) is 5.41 Å². The van der Waals surface area contributed by atoms with Crippen molar-refractivity contribution in [2.24, 2.45) is 5.73 Å². The Bertz CT molecular complexity index is 760. The van der Waals surface area contributed by atoms with E-state index in [9.17, 15) is 12.8 Å². The zero-order valence-electron chi connectivity index (χ0n) is 10.9. The smallest absolute Gasteiger partial charge is 0.282 e. The Morgan fingerprint density at radius 2 is 1.95 bits per heavy atom. The third kappa shape index (κ3) is 3.76. The number of pyridine rings is 1. The van der Waals surface area contributed by atoms with Crippen molar-refractivity contribution in [3.05, 3.63) is 54.0 Å². The highest BCUT2D eigenvalue weighted by Gasteiger charge is 2.20. The number of anilines is 1. The monoisotopic (exact) mass is 308 g/mol. The zero-order valence-corrected chi connectivity index (χ0v) is 11.7. The van der Waals surface area contributed by atoms with E-state index in [4.69, 9.17) is 11.1 Å². The Labute approximate surface area is 121 Å². The van der Waals surface area contributed by atoms with E-state index in [2.05, 4.69) is 9.71 Å². The fourth-order valence-electron chi connectivity index (χ4n) is 1.68. The lowest BCUT2D eigenvalue weighted by molar-refractivity contribution is 0.557. The number of hydrogen-bond donors (Lipinski definition) is 3. The van der Waals surface area contributed by atoms with Gasteiger partial charge in [-0.05, 0) is 29.8 Å². The summed E-state index contributed by atoms with van der Waals surface area (Å²) in [6.45, 7) is 0. The predicted octanol–water partition coefficient (Wildman–Crippen LogP) is 1.50. The largest absolute Gasteiger partial charge is 0.387 e. The summed E-state index contributed by atoms with van der Waals surface area (Å²) in [5.41, 5.74) is 6.32. The quantitative estimate of drug-likeness (QED) is 0.574. The Morgan fingerprint density at radius 3 is 2.52 bits per heavy atom. The van der Waals surface area contributed by atoms with E-state index in [1.165, 1.54) is 24.4 Å². The normalized spacial score (nSPS) is 11.1. The maximum Gasteiger partial charge on any atom is 0.282 e. The summed E-state index contributed by atoms with van der Waals surface area (Å²) in [6.07, 6.45) is 1.48. The molecule has 0 amide bonds. The first kappa shape index (κ1) is 14.9. The molecular weight excluding hydrogens is 295 g/mol. The van der Waals surface area contributed by atoms with Gasteiger partial charge in [0.05, 0.1) is 5.84 Å². The van der Waals surface area contributed by atoms with Crippen LogP contribution in [0.3, 0.4) is 0 Å². The van der Waals surface area contributed by atoms with Crippen molar-refractivity contribution in [3.8, 4) is 0 Å². The first-order valence-corrected chi connectivity index (χ1v) is 7.42. The fraction of sp³-hybridized carbons (Fsp3) is 0.0769. The number of halogens is 1. The van der Waals surface area contributed by atoms with E-state index in [-0.39, 0.29) is 17.9 Å². The van der Waals surface area contributed by atoms with Crippen molar-refractivity contribution in [2.45, 2.75) is 11.4 Å². The van der Waals surface area contributed by atoms with Crippen LogP contribution in [0.2, 0.25) is 0 Å². The fourth-order valence-corrected chi connectivity index (χ4v) is 2.75. The Hall–Kier alpha value is -2.48. The molecule has 0 aliphatic heterocycles. The number of nitrogens with zero attached hydrogens (tertiary/aromatic N) is 1. The van der Waals surface area contributed by atoms with Gasteiger partial charge in [0.2, 0.25) is 5.03 Å². The number of benzene rings is 1. The Morgan fingerprint density at radius 1 is 1.29 bits per heavy atom. The number of amidine groups is 1. The van der Waals surface area contributed by atoms with Crippen LogP contribution < -0.4 is 10.5 Å². The topological polar surface area (TPSA) is 109 Å². The van der Waals surface area contributed by atoms with E-state index >= 15 is 0 Å². The van der Waals surface area contributed by atoms with Crippen LogP contribution in [0, 0.1) is 11.2 Å². The summed E-state index contributed by atoms with van der Waals surface area (Å²) in [6, 6.07) is 8.62. The number of rotatable bonds is 5. The van der Waals surface area contributed by atoms with Crippen molar-refractivity contribution in [1.82, 2.24) is 4.98 Å². The zero-order chi connectivity index (χ0) is 15.5. The summed E-state index contributed by atoms with van der Waals surface area (Å²) in [4.78, 5) is 3.53. The highest BCUT2D eigenvalue weighted by atomic mass is 32.2. The van der Waals surface area contributed by atoms with Crippen LogP contribution in [0.1, 0.15) is 5.56 Å². The van der Waals surface area contributed by atoms with Gasteiger partial charge in [-0.2, -0.15) is 8.42 Å². The average Bonchev–Trinajstić information content (AvgIpc) is 2.40. The molecule has 0 fully saturated rings. The van der Waals surface area contributed by atoms with Gasteiger partial charge in [-0.1, -0.05) is 12.1 Å². The van der Waals surface area contributed by atoms with Crippen LogP contribution in [0.25, 0.3) is 0 Å². The molecule has 0 bridgehead atoms. The second-order valence-electron chi connectivity index (χ2n) is 4.29. The molecule has 6 nitrogen and oxygen atoms in total. The molecule has 0 atom stereocenters. The molecule has 1 aromatic heterocycles. The van der Waals surface area contributed by atoms with Crippen LogP contribution in [0.4, 0.5) is 10.1 Å². The van der Waals surface area contributed by atoms with Gasteiger partial charge >= 0.3 is 0 Å². The minimum absolute atomic E-state index is 0.0129. The van der Waals surface area contributed by atoms with Crippen molar-refractivity contribution < 1.29 is 12.8 Å². The average molecular weight is 308 g/mol. The predicted molar refractivity (Wildman–Crippen MR) is 77.1 cm³/mol. The first-order valence-electron chi connectivity index (χ1n) is 5.93. The third-order valence-electron chi connectivity index (χ3n) is 2.58. The second kappa shape index (κ2) is 5.88. The molecule has 0 aliphatic carbocycles. The minimum Gasteiger partial charge on any atom is -0.387 e. The summed E-state index contributed by atoms with van der Waals surface area (Å²) in [7, 11) is -4.08. The van der Waals surface area contributed by atoms with Crippen molar-refractivity contribution >= 4 is 21.5 Å². The molecular formula is C13H13FN4O2S. The van der Waals surface area contributed by atoms with Crippen LogP contribution >= 0.6 is 0 Å². The molecule has 2 rings (SSSR count). The second-order valence-corrected chi connectivity index (χ2v) is 5.89. The van der Waals surface area contributed by atoms with Gasteiger partial charge in [-0.3, -0.25) is 10.1 Å². The highest BCUT2D eigenvalue weighted by molar-refractivity contribution is 7.92. The maximum absolute atomic E-state index is 13.5. The number of nitrogens with two attached hydrogens (primary N) is 1. The molecule has 1 heterocycles. The molecule has 0 radical (unpaired) electrons. The van der Waals surface area contributed by atoms with E-state index in [1.54, 1.807) is 12.1 Å². The molecule has 110 valence electrons. The van der Waals surface area contributed by atoms with E-state index in [0.717, 1.165) is 11.6 Å². The van der Waals surface area contributed by atoms with Crippen molar-refractivity contribution in [3.63, 3.8) is 0 Å². The van der Waals surface area contributed by atoms with Crippen LogP contribution in [0.5, 0.6) is 0 Å². The number of nitrogens with one attached hydrogen (secondary N) is 2. The molecule has 0 unspecified atom stereocenters. The molecule has 1 aromatic carbocycles. The molecule has 0 spiro atoms. The summed E-state index contributed by atoms with van der Waals surface area (Å²) in [5, 5.41) is 6.53. The summed E-state index contributed by atoms with van der Waals surface area (Å²) < 4.78 is 39.8. The lowest BCUT2D eigenvalue weighted by atomic mass is 10.1. The van der Waals surface area contributed by atoms with Gasteiger partial charge in [0.25, 0.3) is 10.0 Å². The standard InChI is InChI=1S/C13H13FN4O2S/c14-11-2-1-7-17-13(11)21(19,20)18-10-5-3-9(4-6-10)8-12(15)16/h1-7,18H,8H2,(H3,15,16). The van der Waals surface area contributed by atoms with Crippen LogP contribution in [-0.4, -0.2) is 19.2 Å². The summed E-state index contributed by atoms with van der Waals surface area (Å²) >= 11 is 0. The van der Waals surface area contributed by atoms with Crippen molar-refractivity contribution in [2.75, 3.05) is 4.72 Å². The van der Waals surface area contributed by atoms with Crippen LogP contribution in [0.15, 0.2) is 47.6 Å². The molecule has 2 aromatic rings. The molecule has 4 N–H and O–H groups in total. The molecule has 0 saturated carbocycles. The van der Waals surface area contributed by atoms with Gasteiger partial charge < -0.3 is 5.73 Å². The van der Waals surface area contributed by atoms with E-state index in [0.29, 0.717) is 0 Å². The van der Waals surface area contributed by atoms with Gasteiger partial charge in [0.15, 0.2) is 5.82 Å². The van der Waals surface area contributed by atoms with Gasteiger partial charge in [-0.25, -0.2) is 9.37 Å². The first-order chi connectivity index (χ1) is 9.88. The third-order valence-corrected chi connectivity index (χ3v) is 3.89. The lowest BCUT2D eigenvalue weighted by Crippen LogP contribution is -2.16. The lowest BCUT2D eigenvalue weighted by Gasteiger charge is -2.08. The number of sulfonamides is 1. The maximum atomic E-state index is 13.5. The highest BCUT2D eigenvalue weighted by Crippen LogP contribution is 2.17.